The normalized spacial score (nSPS) is 11.4. The summed E-state index contributed by atoms with van der Waals surface area (Å²) >= 11 is 3.05. The van der Waals surface area contributed by atoms with Crippen molar-refractivity contribution in [1.29, 1.82) is 0 Å². The Morgan fingerprint density at radius 2 is 2.10 bits per heavy atom. The fourth-order valence-corrected chi connectivity index (χ4v) is 1.99. The van der Waals surface area contributed by atoms with Crippen LogP contribution in [0.4, 0.5) is 10.3 Å². The number of benzene rings is 1. The van der Waals surface area contributed by atoms with Crippen LogP contribution in [0.1, 0.15) is 36.8 Å². The monoisotopic (exact) mass is 340 g/mol. The predicted octanol–water partition coefficient (Wildman–Crippen LogP) is 4.13. The lowest BCUT2D eigenvalue weighted by Crippen LogP contribution is -2.13. The topological polar surface area (TPSA) is 55.1 Å². The average Bonchev–Trinajstić information content (AvgIpc) is 2.81. The minimum Gasteiger partial charge on any atom is -0.338 e. The van der Waals surface area contributed by atoms with E-state index in [1.807, 2.05) is 20.8 Å². The molecule has 106 valence electrons. The van der Waals surface area contributed by atoms with Crippen molar-refractivity contribution in [3.8, 4) is 0 Å². The molecule has 0 bridgehead atoms. The number of aromatic nitrogens is 1. The summed E-state index contributed by atoms with van der Waals surface area (Å²) in [4.78, 5) is 12.1. The summed E-state index contributed by atoms with van der Waals surface area (Å²) in [6.07, 6.45) is 0. The fraction of sp³-hybridized carbons (Fsp3) is 0.286. The zero-order valence-corrected chi connectivity index (χ0v) is 12.9. The molecule has 0 radical (unpaired) electrons. The Morgan fingerprint density at radius 1 is 1.40 bits per heavy atom. The van der Waals surface area contributed by atoms with Gasteiger partial charge in [0.05, 0.1) is 15.7 Å². The van der Waals surface area contributed by atoms with Crippen molar-refractivity contribution in [2.45, 2.75) is 26.2 Å². The van der Waals surface area contributed by atoms with Crippen LogP contribution in [-0.2, 0) is 5.41 Å². The number of carbonyl (C=O) groups is 1. The Balaban J connectivity index is 2.20. The van der Waals surface area contributed by atoms with E-state index in [2.05, 4.69) is 26.4 Å². The zero-order chi connectivity index (χ0) is 14.9. The Morgan fingerprint density at radius 3 is 2.70 bits per heavy atom. The van der Waals surface area contributed by atoms with Gasteiger partial charge in [-0.1, -0.05) is 32.0 Å². The number of rotatable bonds is 2. The van der Waals surface area contributed by atoms with Crippen LogP contribution in [0.15, 0.2) is 33.3 Å². The smallest absolute Gasteiger partial charge is 0.259 e. The highest BCUT2D eigenvalue weighted by atomic mass is 79.9. The average molecular weight is 341 g/mol. The summed E-state index contributed by atoms with van der Waals surface area (Å²) in [5.74, 6) is -0.727. The predicted molar refractivity (Wildman–Crippen MR) is 77.3 cm³/mol. The Hall–Kier alpha value is -1.69. The van der Waals surface area contributed by atoms with Gasteiger partial charge in [-0.05, 0) is 28.1 Å². The maximum absolute atomic E-state index is 13.4. The third kappa shape index (κ3) is 3.07. The van der Waals surface area contributed by atoms with Crippen molar-refractivity contribution in [2.24, 2.45) is 0 Å². The molecule has 0 aliphatic carbocycles. The minimum absolute atomic E-state index is 0.119. The van der Waals surface area contributed by atoms with Crippen LogP contribution in [0, 0.1) is 5.82 Å². The van der Waals surface area contributed by atoms with Gasteiger partial charge in [-0.3, -0.25) is 10.1 Å². The van der Waals surface area contributed by atoms with Crippen molar-refractivity contribution in [1.82, 2.24) is 5.16 Å². The van der Waals surface area contributed by atoms with Crippen LogP contribution in [0.3, 0.4) is 0 Å². The van der Waals surface area contributed by atoms with Crippen LogP contribution in [-0.4, -0.2) is 11.1 Å². The first-order chi connectivity index (χ1) is 9.29. The second-order valence-electron chi connectivity index (χ2n) is 5.38. The number of hydrogen-bond donors (Lipinski definition) is 1. The van der Waals surface area contributed by atoms with Crippen LogP contribution >= 0.6 is 15.9 Å². The quantitative estimate of drug-likeness (QED) is 0.894. The van der Waals surface area contributed by atoms with E-state index in [0.29, 0.717) is 0 Å². The standard InChI is InChI=1S/C14H14BrFN2O2/c1-14(2,3)10-7-11(20-18-10)17-13(19)8-5-4-6-9(16)12(8)15/h4-7H,1-3H3,(H,17,19). The lowest BCUT2D eigenvalue weighted by atomic mass is 9.92. The largest absolute Gasteiger partial charge is 0.338 e. The van der Waals surface area contributed by atoms with Crippen LogP contribution in [0.5, 0.6) is 0 Å². The molecule has 0 saturated carbocycles. The van der Waals surface area contributed by atoms with Gasteiger partial charge in [0.15, 0.2) is 0 Å². The van der Waals surface area contributed by atoms with Crippen molar-refractivity contribution in [3.05, 3.63) is 45.8 Å². The fourth-order valence-electron chi connectivity index (χ4n) is 1.55. The molecule has 0 atom stereocenters. The van der Waals surface area contributed by atoms with Crippen LogP contribution in [0.2, 0.25) is 0 Å². The number of carbonyl (C=O) groups excluding carboxylic acids is 1. The highest BCUT2D eigenvalue weighted by molar-refractivity contribution is 9.10. The Labute approximate surface area is 124 Å². The first-order valence-electron chi connectivity index (χ1n) is 6.01. The molecule has 0 fully saturated rings. The number of nitrogens with zero attached hydrogens (tertiary/aromatic N) is 1. The summed E-state index contributed by atoms with van der Waals surface area (Å²) in [6.45, 7) is 5.96. The molecule has 6 heteroatoms. The van der Waals surface area contributed by atoms with Crippen molar-refractivity contribution in [3.63, 3.8) is 0 Å². The van der Waals surface area contributed by atoms with Crippen LogP contribution in [0.25, 0.3) is 0 Å². The molecule has 1 amide bonds. The lowest BCUT2D eigenvalue weighted by molar-refractivity contribution is 0.102. The molecule has 1 heterocycles. The van der Waals surface area contributed by atoms with E-state index >= 15 is 0 Å². The van der Waals surface area contributed by atoms with Gasteiger partial charge in [0.25, 0.3) is 5.91 Å². The molecule has 0 aliphatic heterocycles. The van der Waals surface area contributed by atoms with E-state index in [4.69, 9.17) is 4.52 Å². The number of hydrogen-bond acceptors (Lipinski definition) is 3. The first kappa shape index (κ1) is 14.7. The molecule has 0 saturated heterocycles. The maximum atomic E-state index is 13.4. The van der Waals surface area contributed by atoms with Gasteiger partial charge < -0.3 is 4.52 Å². The van der Waals surface area contributed by atoms with E-state index < -0.39 is 11.7 Å². The number of amides is 1. The second-order valence-corrected chi connectivity index (χ2v) is 6.17. The van der Waals surface area contributed by atoms with E-state index in [1.165, 1.54) is 18.2 Å². The summed E-state index contributed by atoms with van der Waals surface area (Å²) in [5.41, 5.74) is 0.746. The van der Waals surface area contributed by atoms with E-state index in [9.17, 15) is 9.18 Å². The van der Waals surface area contributed by atoms with Gasteiger partial charge in [0.1, 0.15) is 5.82 Å². The number of halogens is 2. The van der Waals surface area contributed by atoms with E-state index in [0.717, 1.165) is 5.69 Å². The zero-order valence-electron chi connectivity index (χ0n) is 11.3. The molecule has 20 heavy (non-hydrogen) atoms. The summed E-state index contributed by atoms with van der Waals surface area (Å²) in [6, 6.07) is 5.91. The van der Waals surface area contributed by atoms with Crippen molar-refractivity contribution in [2.75, 3.05) is 5.32 Å². The highest BCUT2D eigenvalue weighted by Gasteiger charge is 2.20. The van der Waals surface area contributed by atoms with Gasteiger partial charge in [0.2, 0.25) is 5.88 Å². The Kier molecular flexibility index (Phi) is 3.94. The molecule has 0 spiro atoms. The summed E-state index contributed by atoms with van der Waals surface area (Å²) < 4.78 is 18.6. The van der Waals surface area contributed by atoms with E-state index in [1.54, 1.807) is 6.07 Å². The number of nitrogens with one attached hydrogen (secondary N) is 1. The second kappa shape index (κ2) is 5.36. The third-order valence-corrected chi connectivity index (χ3v) is 3.52. The van der Waals surface area contributed by atoms with Gasteiger partial charge >= 0.3 is 0 Å². The molecular weight excluding hydrogens is 327 g/mol. The van der Waals surface area contributed by atoms with Gasteiger partial charge in [-0.15, -0.1) is 0 Å². The van der Waals surface area contributed by atoms with Gasteiger partial charge in [0, 0.05) is 11.5 Å². The molecule has 0 aliphatic rings. The third-order valence-electron chi connectivity index (χ3n) is 2.71. The molecule has 1 aromatic heterocycles. The Bertz CT molecular complexity index is 647. The maximum Gasteiger partial charge on any atom is 0.259 e. The van der Waals surface area contributed by atoms with Gasteiger partial charge in [-0.2, -0.15) is 0 Å². The van der Waals surface area contributed by atoms with Gasteiger partial charge in [-0.25, -0.2) is 4.39 Å². The number of anilines is 1. The highest BCUT2D eigenvalue weighted by Crippen LogP contribution is 2.25. The minimum atomic E-state index is -0.495. The molecule has 1 aromatic carbocycles. The lowest BCUT2D eigenvalue weighted by Gasteiger charge is -2.12. The molecule has 4 nitrogen and oxygen atoms in total. The molecule has 1 N–H and O–H groups in total. The SMILES string of the molecule is CC(C)(C)c1cc(NC(=O)c2cccc(F)c2Br)on1. The van der Waals surface area contributed by atoms with Crippen molar-refractivity contribution < 1.29 is 13.7 Å². The molecular formula is C14H14BrFN2O2. The first-order valence-corrected chi connectivity index (χ1v) is 6.81. The summed E-state index contributed by atoms with van der Waals surface area (Å²) in [5, 5.41) is 6.45. The molecule has 0 unspecified atom stereocenters. The van der Waals surface area contributed by atoms with Crippen LogP contribution < -0.4 is 5.32 Å². The summed E-state index contributed by atoms with van der Waals surface area (Å²) in [7, 11) is 0. The van der Waals surface area contributed by atoms with E-state index in [-0.39, 0.29) is 21.3 Å². The van der Waals surface area contributed by atoms with Crippen molar-refractivity contribution >= 4 is 27.7 Å². The molecule has 2 aromatic rings. The molecule has 2 rings (SSSR count).